The molecule has 0 saturated carbocycles. The van der Waals surface area contributed by atoms with Crippen LogP contribution >= 0.6 is 0 Å². The van der Waals surface area contributed by atoms with Crippen LogP contribution in [0.1, 0.15) is 5.56 Å². The van der Waals surface area contributed by atoms with Gasteiger partial charge in [-0.05, 0) is 24.1 Å². The van der Waals surface area contributed by atoms with E-state index in [-0.39, 0.29) is 0 Å². The minimum absolute atomic E-state index is 0.511. The topological polar surface area (TPSA) is 53.3 Å². The van der Waals surface area contributed by atoms with E-state index in [0.717, 1.165) is 11.3 Å². The number of likely N-dealkylation sites (N-methyl/N-ethyl adjacent to an activating group) is 1. The molecular formula is C12H14N2O2. The molecular weight excluding hydrogens is 204 g/mol. The molecule has 0 radical (unpaired) electrons. The van der Waals surface area contributed by atoms with Gasteiger partial charge < -0.3 is 9.64 Å². The van der Waals surface area contributed by atoms with Gasteiger partial charge in [0.05, 0.1) is 7.11 Å². The standard InChI is InChI=1S/C12H14N2O2/c1-14(12(15)9-13)7-6-10-4-3-5-11(8-10)16-2/h3-5,8H,6-7H2,1-2H3. The molecule has 4 nitrogen and oxygen atoms in total. The minimum Gasteiger partial charge on any atom is -0.497 e. The molecule has 84 valence electrons. The largest absolute Gasteiger partial charge is 0.497 e. The molecule has 1 amide bonds. The predicted molar refractivity (Wildman–Crippen MR) is 59.9 cm³/mol. The quantitative estimate of drug-likeness (QED) is 0.714. The Morgan fingerprint density at radius 3 is 2.94 bits per heavy atom. The molecule has 0 aromatic heterocycles. The normalized spacial score (nSPS) is 9.31. The monoisotopic (exact) mass is 218 g/mol. The van der Waals surface area contributed by atoms with Crippen LogP contribution in [0.2, 0.25) is 0 Å². The first-order valence-corrected chi connectivity index (χ1v) is 4.95. The van der Waals surface area contributed by atoms with Gasteiger partial charge in [0.15, 0.2) is 6.07 Å². The van der Waals surface area contributed by atoms with Crippen LogP contribution in [0.15, 0.2) is 24.3 Å². The number of amides is 1. The maximum Gasteiger partial charge on any atom is 0.324 e. The molecule has 1 aromatic rings. The summed E-state index contributed by atoms with van der Waals surface area (Å²) in [6.45, 7) is 0.527. The molecule has 0 fully saturated rings. The van der Waals surface area contributed by atoms with E-state index in [9.17, 15) is 4.79 Å². The van der Waals surface area contributed by atoms with Crippen molar-refractivity contribution in [2.24, 2.45) is 0 Å². The van der Waals surface area contributed by atoms with Crippen LogP contribution in [-0.2, 0) is 11.2 Å². The highest BCUT2D eigenvalue weighted by Gasteiger charge is 2.06. The lowest BCUT2D eigenvalue weighted by atomic mass is 10.1. The Balaban J connectivity index is 2.55. The molecule has 0 heterocycles. The van der Waals surface area contributed by atoms with E-state index in [2.05, 4.69) is 0 Å². The van der Waals surface area contributed by atoms with Crippen LogP contribution in [0.4, 0.5) is 0 Å². The highest BCUT2D eigenvalue weighted by molar-refractivity contribution is 5.90. The predicted octanol–water partition coefficient (Wildman–Crippen LogP) is 1.22. The van der Waals surface area contributed by atoms with E-state index in [1.165, 1.54) is 4.90 Å². The summed E-state index contributed by atoms with van der Waals surface area (Å²) >= 11 is 0. The molecule has 16 heavy (non-hydrogen) atoms. The zero-order valence-corrected chi connectivity index (χ0v) is 9.43. The summed E-state index contributed by atoms with van der Waals surface area (Å²) in [4.78, 5) is 12.4. The first kappa shape index (κ1) is 12.1. The first-order valence-electron chi connectivity index (χ1n) is 4.95. The van der Waals surface area contributed by atoms with Gasteiger partial charge in [-0.25, -0.2) is 0 Å². The smallest absolute Gasteiger partial charge is 0.324 e. The van der Waals surface area contributed by atoms with Gasteiger partial charge in [-0.1, -0.05) is 12.1 Å². The van der Waals surface area contributed by atoms with Crippen molar-refractivity contribution >= 4 is 5.91 Å². The van der Waals surface area contributed by atoms with Crippen molar-refractivity contribution in [1.82, 2.24) is 4.90 Å². The number of ether oxygens (including phenoxy) is 1. The van der Waals surface area contributed by atoms with Gasteiger partial charge in [-0.15, -0.1) is 0 Å². The molecule has 0 aliphatic heterocycles. The lowest BCUT2D eigenvalue weighted by Crippen LogP contribution is -2.27. The second kappa shape index (κ2) is 5.76. The number of methoxy groups -OCH3 is 1. The second-order valence-corrected chi connectivity index (χ2v) is 3.44. The van der Waals surface area contributed by atoms with E-state index < -0.39 is 5.91 Å². The number of nitriles is 1. The SMILES string of the molecule is COc1cccc(CCN(C)C(=O)C#N)c1. The van der Waals surface area contributed by atoms with Crippen molar-refractivity contribution in [2.75, 3.05) is 20.7 Å². The Bertz CT molecular complexity index is 410. The van der Waals surface area contributed by atoms with Crippen molar-refractivity contribution in [2.45, 2.75) is 6.42 Å². The van der Waals surface area contributed by atoms with E-state index in [1.54, 1.807) is 20.2 Å². The summed E-state index contributed by atoms with van der Waals surface area (Å²) < 4.78 is 5.10. The average molecular weight is 218 g/mol. The molecule has 0 bridgehead atoms. The van der Waals surface area contributed by atoms with E-state index in [0.29, 0.717) is 13.0 Å². The number of nitrogens with zero attached hydrogens (tertiary/aromatic N) is 2. The number of benzene rings is 1. The number of hydrogen-bond donors (Lipinski definition) is 0. The fourth-order valence-electron chi connectivity index (χ4n) is 1.31. The van der Waals surface area contributed by atoms with Gasteiger partial charge in [-0.2, -0.15) is 5.26 Å². The molecule has 4 heteroatoms. The fraction of sp³-hybridized carbons (Fsp3) is 0.333. The average Bonchev–Trinajstić information content (AvgIpc) is 2.35. The van der Waals surface area contributed by atoms with E-state index in [4.69, 9.17) is 10.00 Å². The number of rotatable bonds is 4. The van der Waals surface area contributed by atoms with Crippen LogP contribution in [0.25, 0.3) is 0 Å². The van der Waals surface area contributed by atoms with Gasteiger partial charge >= 0.3 is 5.91 Å². The molecule has 0 N–H and O–H groups in total. The minimum atomic E-state index is -0.511. The summed E-state index contributed by atoms with van der Waals surface area (Å²) in [6.07, 6.45) is 0.709. The zero-order valence-electron chi connectivity index (χ0n) is 9.43. The molecule has 1 rings (SSSR count). The molecule has 0 unspecified atom stereocenters. The van der Waals surface area contributed by atoms with Gasteiger partial charge in [-0.3, -0.25) is 4.79 Å². The maximum absolute atomic E-state index is 11.0. The highest BCUT2D eigenvalue weighted by Crippen LogP contribution is 2.12. The summed E-state index contributed by atoms with van der Waals surface area (Å²) in [5.74, 6) is 0.287. The molecule has 0 aliphatic rings. The summed E-state index contributed by atoms with van der Waals surface area (Å²) in [7, 11) is 3.23. The third-order valence-corrected chi connectivity index (χ3v) is 2.31. The highest BCUT2D eigenvalue weighted by atomic mass is 16.5. The van der Waals surface area contributed by atoms with Crippen molar-refractivity contribution in [3.05, 3.63) is 29.8 Å². The van der Waals surface area contributed by atoms with Crippen LogP contribution in [0.5, 0.6) is 5.75 Å². The Morgan fingerprint density at radius 2 is 2.31 bits per heavy atom. The van der Waals surface area contributed by atoms with Crippen molar-refractivity contribution in [1.29, 1.82) is 5.26 Å². The first-order chi connectivity index (χ1) is 7.67. The third-order valence-electron chi connectivity index (χ3n) is 2.31. The lowest BCUT2D eigenvalue weighted by molar-refractivity contribution is -0.124. The van der Waals surface area contributed by atoms with E-state index in [1.807, 2.05) is 24.3 Å². The Labute approximate surface area is 95.0 Å². The molecule has 0 saturated heterocycles. The molecule has 0 spiro atoms. The fourth-order valence-corrected chi connectivity index (χ4v) is 1.31. The van der Waals surface area contributed by atoms with Crippen molar-refractivity contribution in [3.63, 3.8) is 0 Å². The van der Waals surface area contributed by atoms with Crippen LogP contribution in [0.3, 0.4) is 0 Å². The molecule has 0 atom stereocenters. The van der Waals surface area contributed by atoms with Gasteiger partial charge in [0.1, 0.15) is 5.75 Å². The Hall–Kier alpha value is -2.02. The summed E-state index contributed by atoms with van der Waals surface area (Å²) in [5, 5.41) is 8.42. The second-order valence-electron chi connectivity index (χ2n) is 3.44. The van der Waals surface area contributed by atoms with Crippen LogP contribution < -0.4 is 4.74 Å². The third kappa shape index (κ3) is 3.28. The van der Waals surface area contributed by atoms with Gasteiger partial charge in [0.25, 0.3) is 0 Å². The maximum atomic E-state index is 11.0. The number of hydrogen-bond acceptors (Lipinski definition) is 3. The zero-order chi connectivity index (χ0) is 12.0. The van der Waals surface area contributed by atoms with E-state index >= 15 is 0 Å². The van der Waals surface area contributed by atoms with Gasteiger partial charge in [0.2, 0.25) is 0 Å². The van der Waals surface area contributed by atoms with Crippen molar-refractivity contribution < 1.29 is 9.53 Å². The molecule has 0 aliphatic carbocycles. The number of carbonyl (C=O) groups excluding carboxylic acids is 1. The summed E-state index contributed by atoms with van der Waals surface area (Å²) in [6, 6.07) is 9.24. The van der Waals surface area contributed by atoms with Crippen LogP contribution in [-0.4, -0.2) is 31.5 Å². The Morgan fingerprint density at radius 1 is 1.56 bits per heavy atom. The van der Waals surface area contributed by atoms with Crippen molar-refractivity contribution in [3.8, 4) is 11.8 Å². The van der Waals surface area contributed by atoms with Crippen LogP contribution in [0, 0.1) is 11.3 Å². The van der Waals surface area contributed by atoms with Gasteiger partial charge in [0, 0.05) is 13.6 Å². The lowest BCUT2D eigenvalue weighted by Gasteiger charge is -2.12. The Kier molecular flexibility index (Phi) is 4.34. The number of carbonyl (C=O) groups is 1. The summed E-state index contributed by atoms with van der Waals surface area (Å²) in [5.41, 5.74) is 1.08. The molecule has 1 aromatic carbocycles.